The predicted octanol–water partition coefficient (Wildman–Crippen LogP) is 9.29. The number of rotatable bonds is 11. The van der Waals surface area contributed by atoms with Crippen molar-refractivity contribution < 1.29 is 27.0 Å². The molecule has 0 fully saturated rings. The first kappa shape index (κ1) is 27.2. The van der Waals surface area contributed by atoms with E-state index in [4.69, 9.17) is 9.47 Å². The molecule has 4 aromatic carbocycles. The third kappa shape index (κ3) is 6.18. The van der Waals surface area contributed by atoms with E-state index in [1.807, 2.05) is 24.3 Å². The van der Waals surface area contributed by atoms with Gasteiger partial charge in [0.05, 0.1) is 6.61 Å². The van der Waals surface area contributed by atoms with Crippen LogP contribution in [0.2, 0.25) is 0 Å². The molecule has 0 unspecified atom stereocenters. The third-order valence-corrected chi connectivity index (χ3v) is 6.40. The maximum absolute atomic E-state index is 15.1. The lowest BCUT2D eigenvalue weighted by molar-refractivity contribution is 0.289. The van der Waals surface area contributed by atoms with Gasteiger partial charge in [0, 0.05) is 16.7 Å². The second-order valence-corrected chi connectivity index (χ2v) is 9.04. The minimum absolute atomic E-state index is 0.0349. The van der Waals surface area contributed by atoms with Crippen LogP contribution in [0.1, 0.15) is 44.2 Å². The van der Waals surface area contributed by atoms with Crippen LogP contribution in [-0.4, -0.2) is 6.61 Å². The highest BCUT2D eigenvalue weighted by Crippen LogP contribution is 2.33. The van der Waals surface area contributed by atoms with Gasteiger partial charge in [0.25, 0.3) is 0 Å². The van der Waals surface area contributed by atoms with Crippen LogP contribution in [0.3, 0.4) is 0 Å². The molecule has 0 saturated heterocycles. The minimum atomic E-state index is -1.06. The predicted molar refractivity (Wildman–Crippen MR) is 142 cm³/mol. The highest BCUT2D eigenvalue weighted by molar-refractivity contribution is 5.72. The summed E-state index contributed by atoms with van der Waals surface area (Å²) in [7, 11) is 0. The van der Waals surface area contributed by atoms with E-state index in [2.05, 4.69) is 6.92 Å². The smallest absolute Gasteiger partial charge is 0.201 e. The molecular weight excluding hydrogens is 492 g/mol. The maximum Gasteiger partial charge on any atom is 0.201 e. The normalized spacial score (nSPS) is 11.0. The number of unbranched alkanes of at least 4 members (excludes halogenated alkanes) is 2. The summed E-state index contributed by atoms with van der Waals surface area (Å²) >= 11 is 0. The van der Waals surface area contributed by atoms with Crippen LogP contribution < -0.4 is 9.47 Å². The summed E-state index contributed by atoms with van der Waals surface area (Å²) in [6.45, 7) is 3.85. The van der Waals surface area contributed by atoms with Gasteiger partial charge in [0.2, 0.25) is 5.82 Å². The fourth-order valence-electron chi connectivity index (χ4n) is 4.27. The molecular formula is C32H30F4O2. The molecule has 0 heterocycles. The van der Waals surface area contributed by atoms with Gasteiger partial charge in [-0.05, 0) is 60.7 Å². The van der Waals surface area contributed by atoms with Crippen LogP contribution in [0.4, 0.5) is 17.6 Å². The molecule has 0 N–H and O–H groups in total. The van der Waals surface area contributed by atoms with Gasteiger partial charge in [-0.25, -0.2) is 13.2 Å². The quantitative estimate of drug-likeness (QED) is 0.144. The minimum Gasteiger partial charge on any atom is -0.491 e. The molecule has 0 spiro atoms. The Balaban J connectivity index is 1.45. The summed E-state index contributed by atoms with van der Waals surface area (Å²) in [5.74, 6) is -3.72. The molecule has 0 aliphatic rings. The largest absolute Gasteiger partial charge is 0.491 e. The first-order valence-corrected chi connectivity index (χ1v) is 12.8. The first-order valence-electron chi connectivity index (χ1n) is 12.8. The van der Waals surface area contributed by atoms with Gasteiger partial charge >= 0.3 is 0 Å². The molecule has 0 radical (unpaired) electrons. The van der Waals surface area contributed by atoms with Crippen molar-refractivity contribution in [3.05, 3.63) is 107 Å². The molecule has 0 aromatic heterocycles. The summed E-state index contributed by atoms with van der Waals surface area (Å²) in [5, 5.41) is 0. The van der Waals surface area contributed by atoms with E-state index in [0.29, 0.717) is 16.9 Å². The fraction of sp³-hybridized carbons (Fsp3) is 0.250. The van der Waals surface area contributed by atoms with E-state index in [0.717, 1.165) is 25.7 Å². The van der Waals surface area contributed by atoms with Crippen molar-refractivity contribution >= 4 is 0 Å². The number of hydrogen-bond donors (Lipinski definition) is 0. The van der Waals surface area contributed by atoms with Gasteiger partial charge in [0.1, 0.15) is 12.4 Å². The van der Waals surface area contributed by atoms with E-state index in [1.54, 1.807) is 43.3 Å². The molecule has 0 amide bonds. The number of benzene rings is 4. The fourth-order valence-corrected chi connectivity index (χ4v) is 4.27. The molecule has 0 aliphatic carbocycles. The van der Waals surface area contributed by atoms with Crippen LogP contribution >= 0.6 is 0 Å². The van der Waals surface area contributed by atoms with Crippen molar-refractivity contribution in [1.29, 1.82) is 0 Å². The number of hydrogen-bond acceptors (Lipinski definition) is 2. The van der Waals surface area contributed by atoms with Crippen molar-refractivity contribution in [1.82, 2.24) is 0 Å². The van der Waals surface area contributed by atoms with Crippen LogP contribution in [0, 0.1) is 23.3 Å². The van der Waals surface area contributed by atoms with Gasteiger partial charge in [-0.3, -0.25) is 0 Å². The lowest BCUT2D eigenvalue weighted by atomic mass is 9.97. The molecule has 0 saturated carbocycles. The van der Waals surface area contributed by atoms with E-state index < -0.39 is 23.3 Å². The first-order chi connectivity index (χ1) is 18.4. The Bertz CT molecular complexity index is 1370. The third-order valence-electron chi connectivity index (χ3n) is 6.40. The Morgan fingerprint density at radius 2 is 1.18 bits per heavy atom. The maximum atomic E-state index is 15.1. The van der Waals surface area contributed by atoms with Crippen molar-refractivity contribution in [3.8, 4) is 33.8 Å². The SMILES string of the molecule is CCCCCc1ccc(-c2ccc(-c3ccc(OCc4ccc(OCC)c(F)c4F)cc3)c(F)c2F)cc1. The zero-order valence-corrected chi connectivity index (χ0v) is 21.5. The van der Waals surface area contributed by atoms with Crippen LogP contribution in [0.15, 0.2) is 72.8 Å². The highest BCUT2D eigenvalue weighted by atomic mass is 19.2. The Kier molecular flexibility index (Phi) is 9.06. The second kappa shape index (κ2) is 12.6. The average Bonchev–Trinajstić information content (AvgIpc) is 2.93. The Hall–Kier alpha value is -3.80. The summed E-state index contributed by atoms with van der Waals surface area (Å²) in [4.78, 5) is 0. The second-order valence-electron chi connectivity index (χ2n) is 9.04. The lowest BCUT2D eigenvalue weighted by Gasteiger charge is -2.12. The van der Waals surface area contributed by atoms with E-state index in [9.17, 15) is 8.78 Å². The molecule has 198 valence electrons. The van der Waals surface area contributed by atoms with Crippen molar-refractivity contribution in [3.63, 3.8) is 0 Å². The molecule has 4 rings (SSSR count). The standard InChI is InChI=1S/C32H30F4O2/c1-3-5-6-7-21-8-10-22(11-9-21)26-17-18-27(31(35)30(26)34)23-12-15-25(16-13-23)38-20-24-14-19-28(37-4-2)32(36)29(24)33/h8-19H,3-7,20H2,1-2H3. The topological polar surface area (TPSA) is 18.5 Å². The van der Waals surface area contributed by atoms with Gasteiger partial charge in [-0.1, -0.05) is 68.3 Å². The highest BCUT2D eigenvalue weighted by Gasteiger charge is 2.17. The number of ether oxygens (including phenoxy) is 2. The molecule has 4 aromatic rings. The Morgan fingerprint density at radius 3 is 1.76 bits per heavy atom. The van der Waals surface area contributed by atoms with Gasteiger partial charge in [-0.15, -0.1) is 0 Å². The monoisotopic (exact) mass is 522 g/mol. The van der Waals surface area contributed by atoms with Gasteiger partial charge in [0.15, 0.2) is 23.2 Å². The van der Waals surface area contributed by atoms with E-state index >= 15 is 8.78 Å². The average molecular weight is 523 g/mol. The Labute approximate surface area is 220 Å². The number of halogens is 4. The molecule has 0 atom stereocenters. The summed E-state index contributed by atoms with van der Waals surface area (Å²) in [5.41, 5.74) is 2.62. The molecule has 6 heteroatoms. The van der Waals surface area contributed by atoms with Crippen LogP contribution in [0.5, 0.6) is 11.5 Å². The van der Waals surface area contributed by atoms with E-state index in [1.165, 1.54) is 17.7 Å². The van der Waals surface area contributed by atoms with Crippen molar-refractivity contribution in [2.75, 3.05) is 6.61 Å². The lowest BCUT2D eigenvalue weighted by Crippen LogP contribution is -2.03. The summed E-state index contributed by atoms with van der Waals surface area (Å²) in [6.07, 6.45) is 4.39. The summed E-state index contributed by atoms with van der Waals surface area (Å²) in [6, 6.07) is 19.8. The Morgan fingerprint density at radius 1 is 0.579 bits per heavy atom. The van der Waals surface area contributed by atoms with Crippen molar-refractivity contribution in [2.45, 2.75) is 46.1 Å². The van der Waals surface area contributed by atoms with Gasteiger partial charge in [-0.2, -0.15) is 4.39 Å². The van der Waals surface area contributed by atoms with Crippen LogP contribution in [-0.2, 0) is 13.0 Å². The van der Waals surface area contributed by atoms with Crippen LogP contribution in [0.25, 0.3) is 22.3 Å². The summed E-state index contributed by atoms with van der Waals surface area (Å²) < 4.78 is 69.1. The van der Waals surface area contributed by atoms with E-state index in [-0.39, 0.29) is 35.7 Å². The zero-order chi connectivity index (χ0) is 27.1. The molecule has 0 aliphatic heterocycles. The van der Waals surface area contributed by atoms with Gasteiger partial charge < -0.3 is 9.47 Å². The van der Waals surface area contributed by atoms with Crippen molar-refractivity contribution in [2.24, 2.45) is 0 Å². The molecule has 2 nitrogen and oxygen atoms in total. The molecule has 38 heavy (non-hydrogen) atoms. The molecule has 0 bridgehead atoms. The number of aryl methyl sites for hydroxylation is 1. The zero-order valence-electron chi connectivity index (χ0n) is 21.5.